The van der Waals surface area contributed by atoms with Gasteiger partial charge < -0.3 is 14.8 Å². The molecule has 4 heterocycles. The summed E-state index contributed by atoms with van der Waals surface area (Å²) >= 11 is 0. The molecular formula is C24H35F3N4O2. The molecule has 1 saturated heterocycles. The molecule has 2 aliphatic rings. The average Bonchev–Trinajstić information content (AvgIpc) is 2.76. The fourth-order valence-electron chi connectivity index (χ4n) is 4.16. The molecule has 2 aromatic rings. The van der Waals surface area contributed by atoms with E-state index < -0.39 is 11.9 Å². The summed E-state index contributed by atoms with van der Waals surface area (Å²) in [4.78, 5) is 10.6. The Labute approximate surface area is 194 Å². The van der Waals surface area contributed by atoms with Gasteiger partial charge in [-0.1, -0.05) is 14.9 Å². The first kappa shape index (κ1) is 26.7. The molecule has 2 atom stereocenters. The first-order valence-electron chi connectivity index (χ1n) is 10.6. The second-order valence-corrected chi connectivity index (χ2v) is 8.18. The van der Waals surface area contributed by atoms with Crippen LogP contribution >= 0.6 is 0 Å². The maximum Gasteiger partial charge on any atom is 0.433 e. The SMILES string of the molecule is C.C.Cc1cc(NC[C@H]2CCCN([C@H](C)c3ccc4c(n3)OCCO4)C2)cc(C(F)(F)F)n1. The van der Waals surface area contributed by atoms with Crippen molar-refractivity contribution in [2.75, 3.05) is 38.2 Å². The number of hydrogen-bond donors (Lipinski definition) is 1. The second-order valence-electron chi connectivity index (χ2n) is 8.18. The van der Waals surface area contributed by atoms with E-state index >= 15 is 0 Å². The van der Waals surface area contributed by atoms with E-state index in [1.165, 1.54) is 0 Å². The van der Waals surface area contributed by atoms with Crippen molar-refractivity contribution in [3.63, 3.8) is 0 Å². The topological polar surface area (TPSA) is 59.5 Å². The van der Waals surface area contributed by atoms with Crippen molar-refractivity contribution in [3.05, 3.63) is 41.3 Å². The number of piperidine rings is 1. The number of ether oxygens (including phenoxy) is 2. The summed E-state index contributed by atoms with van der Waals surface area (Å²) in [6, 6.07) is 6.71. The number of hydrogen-bond acceptors (Lipinski definition) is 6. The zero-order valence-corrected chi connectivity index (χ0v) is 17.7. The summed E-state index contributed by atoms with van der Waals surface area (Å²) < 4.78 is 50.2. The zero-order valence-electron chi connectivity index (χ0n) is 17.7. The van der Waals surface area contributed by atoms with Crippen LogP contribution in [0, 0.1) is 12.8 Å². The van der Waals surface area contributed by atoms with E-state index in [-0.39, 0.29) is 20.9 Å². The molecular weight excluding hydrogens is 433 g/mol. The highest BCUT2D eigenvalue weighted by Crippen LogP contribution is 2.33. The van der Waals surface area contributed by atoms with Crippen molar-refractivity contribution in [2.24, 2.45) is 5.92 Å². The fraction of sp³-hybridized carbons (Fsp3) is 0.583. The highest BCUT2D eigenvalue weighted by Gasteiger charge is 2.33. The lowest BCUT2D eigenvalue weighted by molar-refractivity contribution is -0.141. The molecule has 0 aromatic carbocycles. The number of fused-ring (bicyclic) bond motifs is 1. The maximum atomic E-state index is 13.0. The number of halogens is 3. The first-order chi connectivity index (χ1) is 14.8. The van der Waals surface area contributed by atoms with Crippen LogP contribution in [-0.4, -0.2) is 47.7 Å². The van der Waals surface area contributed by atoms with Crippen LogP contribution in [0.1, 0.15) is 57.7 Å². The second kappa shape index (κ2) is 11.0. The Morgan fingerprint density at radius 2 is 1.91 bits per heavy atom. The molecule has 4 rings (SSSR count). The van der Waals surface area contributed by atoms with Crippen molar-refractivity contribution in [2.45, 2.75) is 53.8 Å². The van der Waals surface area contributed by atoms with Gasteiger partial charge in [-0.15, -0.1) is 0 Å². The van der Waals surface area contributed by atoms with E-state index in [9.17, 15) is 13.2 Å². The minimum Gasteiger partial charge on any atom is -0.484 e. The van der Waals surface area contributed by atoms with Crippen LogP contribution in [0.25, 0.3) is 0 Å². The number of nitrogens with zero attached hydrogens (tertiary/aromatic N) is 3. The van der Waals surface area contributed by atoms with E-state index in [0.717, 1.165) is 37.7 Å². The Morgan fingerprint density at radius 3 is 2.67 bits per heavy atom. The standard InChI is InChI=1S/C22H27F3N4O2.2CH4/c1-14-10-17(11-20(27-14)22(23,24)25)26-12-16-4-3-7-29(13-16)15(2)18-5-6-19-21(28-18)31-9-8-30-19;;/h5-6,10-11,15-16H,3-4,7-9,12-13H2,1-2H3,(H,26,27);2*1H4/t15-,16-;;/m1../s1. The summed E-state index contributed by atoms with van der Waals surface area (Å²) in [6.07, 6.45) is -2.39. The molecule has 0 amide bonds. The van der Waals surface area contributed by atoms with Crippen molar-refractivity contribution in [1.82, 2.24) is 14.9 Å². The van der Waals surface area contributed by atoms with E-state index in [2.05, 4.69) is 27.1 Å². The summed E-state index contributed by atoms with van der Waals surface area (Å²) in [5.74, 6) is 1.55. The van der Waals surface area contributed by atoms with Gasteiger partial charge in [-0.25, -0.2) is 9.97 Å². The lowest BCUT2D eigenvalue weighted by Gasteiger charge is -2.37. The van der Waals surface area contributed by atoms with Gasteiger partial charge in [0, 0.05) is 30.5 Å². The van der Waals surface area contributed by atoms with E-state index in [0.29, 0.717) is 48.7 Å². The number of nitrogens with one attached hydrogen (secondary N) is 1. The summed E-state index contributed by atoms with van der Waals surface area (Å²) in [5.41, 5.74) is 0.871. The van der Waals surface area contributed by atoms with Crippen LogP contribution in [0.3, 0.4) is 0 Å². The molecule has 0 aliphatic carbocycles. The molecule has 0 saturated carbocycles. The van der Waals surface area contributed by atoms with Crippen molar-refractivity contribution < 1.29 is 22.6 Å². The molecule has 0 bridgehead atoms. The lowest BCUT2D eigenvalue weighted by Crippen LogP contribution is -2.39. The van der Waals surface area contributed by atoms with Gasteiger partial charge in [-0.2, -0.15) is 13.2 Å². The maximum absolute atomic E-state index is 13.0. The number of rotatable bonds is 5. The Hall–Kier alpha value is -2.55. The third-order valence-corrected chi connectivity index (χ3v) is 5.79. The number of aryl methyl sites for hydroxylation is 1. The number of likely N-dealkylation sites (tertiary alicyclic amines) is 1. The predicted octanol–water partition coefficient (Wildman–Crippen LogP) is 5.73. The van der Waals surface area contributed by atoms with Gasteiger partial charge in [0.25, 0.3) is 5.88 Å². The fourth-order valence-corrected chi connectivity index (χ4v) is 4.16. The van der Waals surface area contributed by atoms with Gasteiger partial charge in [0.1, 0.15) is 18.9 Å². The molecule has 9 heteroatoms. The van der Waals surface area contributed by atoms with Crippen LogP contribution in [0.2, 0.25) is 0 Å². The van der Waals surface area contributed by atoms with Crippen LogP contribution in [0.5, 0.6) is 11.6 Å². The predicted molar refractivity (Wildman–Crippen MR) is 124 cm³/mol. The molecule has 6 nitrogen and oxygen atoms in total. The van der Waals surface area contributed by atoms with E-state index in [1.807, 2.05) is 12.1 Å². The van der Waals surface area contributed by atoms with Gasteiger partial charge in [-0.3, -0.25) is 4.90 Å². The van der Waals surface area contributed by atoms with Crippen LogP contribution in [-0.2, 0) is 6.18 Å². The Bertz CT molecular complexity index is 923. The Balaban J connectivity index is 0.00000193. The summed E-state index contributed by atoms with van der Waals surface area (Å²) in [5, 5.41) is 3.19. The van der Waals surface area contributed by atoms with Crippen LogP contribution < -0.4 is 14.8 Å². The summed E-state index contributed by atoms with van der Waals surface area (Å²) in [6.45, 7) is 7.14. The minimum atomic E-state index is -4.45. The van der Waals surface area contributed by atoms with Gasteiger partial charge in [-0.05, 0) is 63.4 Å². The molecule has 0 spiro atoms. The average molecular weight is 469 g/mol. The highest BCUT2D eigenvalue weighted by molar-refractivity contribution is 5.46. The van der Waals surface area contributed by atoms with Gasteiger partial charge in [0.05, 0.1) is 5.69 Å². The third kappa shape index (κ3) is 6.50. The van der Waals surface area contributed by atoms with Crippen LogP contribution in [0.15, 0.2) is 24.3 Å². The molecule has 184 valence electrons. The highest BCUT2D eigenvalue weighted by atomic mass is 19.4. The van der Waals surface area contributed by atoms with E-state index in [1.54, 1.807) is 13.0 Å². The molecule has 0 unspecified atom stereocenters. The van der Waals surface area contributed by atoms with Crippen LogP contribution in [0.4, 0.5) is 18.9 Å². The summed E-state index contributed by atoms with van der Waals surface area (Å²) in [7, 11) is 0. The van der Waals surface area contributed by atoms with Gasteiger partial charge in [0.2, 0.25) is 0 Å². The molecule has 1 fully saturated rings. The molecule has 2 aromatic heterocycles. The molecule has 33 heavy (non-hydrogen) atoms. The number of alkyl halides is 3. The van der Waals surface area contributed by atoms with Gasteiger partial charge in [0.15, 0.2) is 5.75 Å². The minimum absolute atomic E-state index is 0. The molecule has 1 N–H and O–H groups in total. The molecule has 2 aliphatic heterocycles. The lowest BCUT2D eigenvalue weighted by atomic mass is 9.96. The quantitative estimate of drug-likeness (QED) is 0.605. The van der Waals surface area contributed by atoms with Crippen molar-refractivity contribution in [1.29, 1.82) is 0 Å². The smallest absolute Gasteiger partial charge is 0.433 e. The zero-order chi connectivity index (χ0) is 22.0. The third-order valence-electron chi connectivity index (χ3n) is 5.79. The Morgan fingerprint density at radius 1 is 1.15 bits per heavy atom. The largest absolute Gasteiger partial charge is 0.484 e. The number of aromatic nitrogens is 2. The van der Waals surface area contributed by atoms with Crippen molar-refractivity contribution in [3.8, 4) is 11.6 Å². The van der Waals surface area contributed by atoms with Gasteiger partial charge >= 0.3 is 6.18 Å². The van der Waals surface area contributed by atoms with E-state index in [4.69, 9.17) is 9.47 Å². The number of anilines is 1. The monoisotopic (exact) mass is 468 g/mol. The van der Waals surface area contributed by atoms with Crippen molar-refractivity contribution >= 4 is 5.69 Å². The Kier molecular flexibility index (Phi) is 8.94. The first-order valence-corrected chi connectivity index (χ1v) is 10.6. The molecule has 0 radical (unpaired) electrons. The number of pyridine rings is 2. The normalized spacial score (nSPS) is 19.1.